The summed E-state index contributed by atoms with van der Waals surface area (Å²) in [5, 5.41) is 2.60. The van der Waals surface area contributed by atoms with E-state index >= 15 is 0 Å². The Labute approximate surface area is 79.0 Å². The van der Waals surface area contributed by atoms with E-state index in [-0.39, 0.29) is 6.09 Å². The lowest BCUT2D eigenvalue weighted by atomic mass is 10.5. The van der Waals surface area contributed by atoms with E-state index in [0.29, 0.717) is 13.2 Å². The lowest BCUT2D eigenvalue weighted by Gasteiger charge is -2.15. The Kier molecular flexibility index (Phi) is 7.33. The van der Waals surface area contributed by atoms with E-state index in [2.05, 4.69) is 15.0 Å². The number of carbonyl (C=O) groups excluding carboxylic acids is 1. The van der Waals surface area contributed by atoms with Crippen molar-refractivity contribution in [1.29, 1.82) is 0 Å². The van der Waals surface area contributed by atoms with Gasteiger partial charge in [0.25, 0.3) is 0 Å². The first-order valence-electron chi connectivity index (χ1n) is 4.20. The summed E-state index contributed by atoms with van der Waals surface area (Å²) in [6, 6.07) is 0. The van der Waals surface area contributed by atoms with E-state index in [1.54, 1.807) is 7.11 Å². The van der Waals surface area contributed by atoms with Gasteiger partial charge in [-0.15, -0.1) is 0 Å². The molecule has 0 saturated carbocycles. The van der Waals surface area contributed by atoms with Gasteiger partial charge in [0, 0.05) is 26.7 Å². The Morgan fingerprint density at radius 1 is 1.38 bits per heavy atom. The fraction of sp³-hybridized carbons (Fsp3) is 0.875. The number of nitrogens with zero attached hydrogens (tertiary/aromatic N) is 1. The molecular weight excluding hydrogens is 172 g/mol. The van der Waals surface area contributed by atoms with Crippen LogP contribution in [-0.2, 0) is 9.47 Å². The van der Waals surface area contributed by atoms with Crippen molar-refractivity contribution in [3.05, 3.63) is 0 Å². The molecule has 0 aliphatic heterocycles. The molecule has 78 valence electrons. The largest absolute Gasteiger partial charge is 0.453 e. The summed E-state index contributed by atoms with van der Waals surface area (Å²) in [5.41, 5.74) is 0. The molecule has 0 aromatic carbocycles. The predicted octanol–water partition coefficient (Wildman–Crippen LogP) is -0.0794. The molecule has 1 amide bonds. The minimum atomic E-state index is -0.389. The number of alkyl carbamates (subject to hydrolysis) is 1. The minimum absolute atomic E-state index is 0.389. The Morgan fingerprint density at radius 2 is 2.08 bits per heavy atom. The van der Waals surface area contributed by atoms with Crippen LogP contribution in [0.25, 0.3) is 0 Å². The SMILES string of the molecule is COCCN(C)CCNC(=O)OC. The van der Waals surface area contributed by atoms with E-state index in [1.165, 1.54) is 7.11 Å². The van der Waals surface area contributed by atoms with Crippen LogP contribution in [0.1, 0.15) is 0 Å². The Bertz CT molecular complexity index is 141. The summed E-state index contributed by atoms with van der Waals surface area (Å²) in [6.45, 7) is 2.94. The van der Waals surface area contributed by atoms with Gasteiger partial charge in [0.15, 0.2) is 0 Å². The average molecular weight is 190 g/mol. The molecule has 0 aromatic heterocycles. The Morgan fingerprint density at radius 3 is 2.62 bits per heavy atom. The summed E-state index contributed by atoms with van der Waals surface area (Å²) in [6.07, 6.45) is -0.389. The molecule has 0 saturated heterocycles. The molecule has 0 atom stereocenters. The number of nitrogens with one attached hydrogen (secondary N) is 1. The van der Waals surface area contributed by atoms with Gasteiger partial charge in [0.05, 0.1) is 13.7 Å². The van der Waals surface area contributed by atoms with E-state index in [9.17, 15) is 4.79 Å². The van der Waals surface area contributed by atoms with Crippen LogP contribution in [-0.4, -0.2) is 58.5 Å². The van der Waals surface area contributed by atoms with E-state index in [4.69, 9.17) is 4.74 Å². The zero-order valence-electron chi connectivity index (χ0n) is 8.50. The number of hydrogen-bond acceptors (Lipinski definition) is 4. The van der Waals surface area contributed by atoms with Crippen molar-refractivity contribution < 1.29 is 14.3 Å². The van der Waals surface area contributed by atoms with E-state index in [0.717, 1.165) is 13.1 Å². The number of methoxy groups -OCH3 is 2. The lowest BCUT2D eigenvalue weighted by molar-refractivity contribution is 0.156. The molecule has 0 heterocycles. The van der Waals surface area contributed by atoms with Crippen LogP contribution in [0, 0.1) is 0 Å². The molecule has 0 aliphatic carbocycles. The van der Waals surface area contributed by atoms with Gasteiger partial charge >= 0.3 is 6.09 Å². The third-order valence-electron chi connectivity index (χ3n) is 1.63. The highest BCUT2D eigenvalue weighted by Crippen LogP contribution is 1.81. The number of likely N-dealkylation sites (N-methyl/N-ethyl adjacent to an activating group) is 1. The third kappa shape index (κ3) is 7.55. The smallest absolute Gasteiger partial charge is 0.406 e. The maximum atomic E-state index is 10.6. The van der Waals surface area contributed by atoms with Crippen molar-refractivity contribution in [3.63, 3.8) is 0 Å². The highest BCUT2D eigenvalue weighted by Gasteiger charge is 1.99. The summed E-state index contributed by atoms with van der Waals surface area (Å²) in [5.74, 6) is 0. The first-order chi connectivity index (χ1) is 6.20. The standard InChI is InChI=1S/C8H18N2O3/c1-10(6-7-12-2)5-4-9-8(11)13-3/h4-7H2,1-3H3,(H,9,11). The minimum Gasteiger partial charge on any atom is -0.453 e. The molecule has 1 N–H and O–H groups in total. The van der Waals surface area contributed by atoms with Gasteiger partial charge in [-0.1, -0.05) is 0 Å². The number of hydrogen-bond donors (Lipinski definition) is 1. The molecule has 0 fully saturated rings. The second-order valence-electron chi connectivity index (χ2n) is 2.71. The van der Waals surface area contributed by atoms with Crippen LogP contribution in [0.15, 0.2) is 0 Å². The molecule has 0 unspecified atom stereocenters. The normalized spacial score (nSPS) is 10.2. The molecule has 5 nitrogen and oxygen atoms in total. The van der Waals surface area contributed by atoms with Crippen molar-refractivity contribution in [2.75, 3.05) is 47.5 Å². The Balaban J connectivity index is 3.26. The summed E-state index contributed by atoms with van der Waals surface area (Å²) in [4.78, 5) is 12.7. The first kappa shape index (κ1) is 12.2. The van der Waals surface area contributed by atoms with Gasteiger partial charge in [0.1, 0.15) is 0 Å². The highest BCUT2D eigenvalue weighted by molar-refractivity contribution is 5.66. The van der Waals surface area contributed by atoms with Crippen LogP contribution in [0.3, 0.4) is 0 Å². The average Bonchev–Trinajstić information content (AvgIpc) is 2.14. The quantitative estimate of drug-likeness (QED) is 0.636. The third-order valence-corrected chi connectivity index (χ3v) is 1.63. The topological polar surface area (TPSA) is 50.8 Å². The van der Waals surface area contributed by atoms with Gasteiger partial charge < -0.3 is 19.7 Å². The zero-order valence-corrected chi connectivity index (χ0v) is 8.50. The van der Waals surface area contributed by atoms with Gasteiger partial charge in [-0.05, 0) is 7.05 Å². The van der Waals surface area contributed by atoms with Gasteiger partial charge in [0.2, 0.25) is 0 Å². The molecule has 0 bridgehead atoms. The molecular formula is C8H18N2O3. The summed E-state index contributed by atoms with van der Waals surface area (Å²) in [7, 11) is 4.99. The number of carbonyl (C=O) groups is 1. The van der Waals surface area contributed by atoms with Gasteiger partial charge in [-0.25, -0.2) is 4.79 Å². The van der Waals surface area contributed by atoms with E-state index in [1.807, 2.05) is 7.05 Å². The summed E-state index contributed by atoms with van der Waals surface area (Å²) >= 11 is 0. The molecule has 0 spiro atoms. The van der Waals surface area contributed by atoms with Crippen molar-refractivity contribution in [1.82, 2.24) is 10.2 Å². The van der Waals surface area contributed by atoms with Crippen molar-refractivity contribution >= 4 is 6.09 Å². The second kappa shape index (κ2) is 7.82. The van der Waals surface area contributed by atoms with Crippen LogP contribution < -0.4 is 5.32 Å². The van der Waals surface area contributed by atoms with Gasteiger partial charge in [-0.3, -0.25) is 0 Å². The lowest BCUT2D eigenvalue weighted by Crippen LogP contribution is -2.34. The molecule has 5 heteroatoms. The first-order valence-corrected chi connectivity index (χ1v) is 4.20. The molecule has 0 aliphatic rings. The molecule has 0 radical (unpaired) electrons. The fourth-order valence-corrected chi connectivity index (χ4v) is 0.780. The zero-order chi connectivity index (χ0) is 10.1. The monoisotopic (exact) mass is 190 g/mol. The van der Waals surface area contributed by atoms with Crippen molar-refractivity contribution in [2.45, 2.75) is 0 Å². The second-order valence-corrected chi connectivity index (χ2v) is 2.71. The predicted molar refractivity (Wildman–Crippen MR) is 49.8 cm³/mol. The van der Waals surface area contributed by atoms with E-state index < -0.39 is 0 Å². The van der Waals surface area contributed by atoms with Crippen LogP contribution >= 0.6 is 0 Å². The summed E-state index contributed by atoms with van der Waals surface area (Å²) < 4.78 is 9.33. The Hall–Kier alpha value is -0.810. The highest BCUT2D eigenvalue weighted by atomic mass is 16.5. The number of rotatable bonds is 6. The fourth-order valence-electron chi connectivity index (χ4n) is 0.780. The van der Waals surface area contributed by atoms with Crippen LogP contribution in [0.5, 0.6) is 0 Å². The van der Waals surface area contributed by atoms with Gasteiger partial charge in [-0.2, -0.15) is 0 Å². The molecule has 0 aromatic rings. The van der Waals surface area contributed by atoms with Crippen molar-refractivity contribution in [2.24, 2.45) is 0 Å². The maximum absolute atomic E-state index is 10.6. The molecule has 13 heavy (non-hydrogen) atoms. The maximum Gasteiger partial charge on any atom is 0.406 e. The van der Waals surface area contributed by atoms with Crippen LogP contribution in [0.2, 0.25) is 0 Å². The number of ether oxygens (including phenoxy) is 2. The van der Waals surface area contributed by atoms with Crippen LogP contribution in [0.4, 0.5) is 4.79 Å². The van der Waals surface area contributed by atoms with Crippen molar-refractivity contribution in [3.8, 4) is 0 Å². The molecule has 0 rings (SSSR count). The number of amides is 1.